The maximum atomic E-state index is 14.1. The molecule has 1 aromatic heterocycles. The minimum absolute atomic E-state index is 0.243. The lowest BCUT2D eigenvalue weighted by atomic mass is 9.94. The molecule has 3 aromatic carbocycles. The quantitative estimate of drug-likeness (QED) is 0.230. The predicted octanol–water partition coefficient (Wildman–Crippen LogP) is 4.93. The number of halogens is 1. The maximum absolute atomic E-state index is 14.1. The van der Waals surface area contributed by atoms with Crippen molar-refractivity contribution in [2.24, 2.45) is 0 Å². The highest BCUT2D eigenvalue weighted by Gasteiger charge is 2.29. The standard InChI is InChI=1S/C34H32FN3O5/c1-21(2)38-29(16-15-27(39)18-28(40)19-30(41)42)31(24-11-13-25(35)14-12-24)32(23-8-4-3-5-9-23)33(38)34(43)37-26-10-6-7-22(17-26)20-36/h3-17,21,27-28,39-40H,18-19H2,1-2H3,(H,37,43)(H,41,42)/p-1/b16-15+/t27-,28-/m1/s1. The van der Waals surface area contributed by atoms with Gasteiger partial charge in [-0.2, -0.15) is 5.26 Å². The number of aromatic nitrogens is 1. The summed E-state index contributed by atoms with van der Waals surface area (Å²) < 4.78 is 15.8. The van der Waals surface area contributed by atoms with E-state index in [2.05, 4.69) is 11.4 Å². The summed E-state index contributed by atoms with van der Waals surface area (Å²) in [5.74, 6) is -2.31. The van der Waals surface area contributed by atoms with Gasteiger partial charge in [0.1, 0.15) is 11.5 Å². The predicted molar refractivity (Wildman–Crippen MR) is 160 cm³/mol. The Morgan fingerprint density at radius 2 is 1.67 bits per heavy atom. The first-order chi connectivity index (χ1) is 20.6. The molecule has 0 aliphatic rings. The highest BCUT2D eigenvalue weighted by atomic mass is 19.1. The Labute approximate surface area is 249 Å². The van der Waals surface area contributed by atoms with Crippen LogP contribution in [0.5, 0.6) is 0 Å². The van der Waals surface area contributed by atoms with E-state index in [-0.39, 0.29) is 12.5 Å². The van der Waals surface area contributed by atoms with Gasteiger partial charge in [-0.1, -0.05) is 54.6 Å². The number of carboxylic acid groups (broad SMARTS) is 1. The highest BCUT2D eigenvalue weighted by molar-refractivity contribution is 6.12. The Kier molecular flexibility index (Phi) is 9.88. The third kappa shape index (κ3) is 7.43. The van der Waals surface area contributed by atoms with Crippen LogP contribution >= 0.6 is 0 Å². The molecule has 8 nitrogen and oxygen atoms in total. The fourth-order valence-electron chi connectivity index (χ4n) is 5.02. The Balaban J connectivity index is 1.96. The Morgan fingerprint density at radius 3 is 2.30 bits per heavy atom. The number of nitrogens with zero attached hydrogens (tertiary/aromatic N) is 2. The van der Waals surface area contributed by atoms with E-state index in [1.54, 1.807) is 42.5 Å². The van der Waals surface area contributed by atoms with Crippen LogP contribution in [0, 0.1) is 17.1 Å². The number of nitriles is 1. The van der Waals surface area contributed by atoms with Gasteiger partial charge in [0.05, 0.1) is 23.8 Å². The Morgan fingerprint density at radius 1 is 1.00 bits per heavy atom. The summed E-state index contributed by atoms with van der Waals surface area (Å²) in [6.07, 6.45) is -0.349. The SMILES string of the molecule is CC(C)n1c(/C=C/[C@@H](O)C[C@@H](O)CC(=O)[O-])c(-c2ccc(F)cc2)c(-c2ccccc2)c1C(=O)Nc1cccc(C#N)c1. The van der Waals surface area contributed by atoms with Crippen LogP contribution in [0.1, 0.15) is 54.5 Å². The number of benzene rings is 3. The third-order valence-electron chi connectivity index (χ3n) is 6.81. The molecule has 0 radical (unpaired) electrons. The van der Waals surface area contributed by atoms with E-state index in [9.17, 15) is 34.6 Å². The number of carboxylic acids is 1. The number of hydrogen-bond donors (Lipinski definition) is 3. The lowest BCUT2D eigenvalue weighted by Crippen LogP contribution is -2.29. The molecule has 0 aliphatic carbocycles. The van der Waals surface area contributed by atoms with Gasteiger partial charge < -0.3 is 30.0 Å². The molecule has 4 rings (SSSR count). The number of aliphatic hydroxyl groups excluding tert-OH is 2. The van der Waals surface area contributed by atoms with Gasteiger partial charge in [-0.25, -0.2) is 4.39 Å². The molecule has 0 spiro atoms. The molecule has 0 fully saturated rings. The number of amides is 1. The van der Waals surface area contributed by atoms with Gasteiger partial charge >= 0.3 is 0 Å². The molecule has 3 N–H and O–H groups in total. The van der Waals surface area contributed by atoms with Crippen molar-refractivity contribution < 1.29 is 29.3 Å². The van der Waals surface area contributed by atoms with Crippen molar-refractivity contribution in [1.82, 2.24) is 4.57 Å². The number of rotatable bonds is 11. The minimum atomic E-state index is -1.43. The van der Waals surface area contributed by atoms with Crippen LogP contribution in [0.2, 0.25) is 0 Å². The van der Waals surface area contributed by atoms with E-state index in [1.807, 2.05) is 48.7 Å². The van der Waals surface area contributed by atoms with Crippen molar-refractivity contribution in [3.63, 3.8) is 0 Å². The van der Waals surface area contributed by atoms with Crippen molar-refractivity contribution in [1.29, 1.82) is 5.26 Å². The van der Waals surface area contributed by atoms with Crippen molar-refractivity contribution in [2.45, 2.75) is 44.9 Å². The van der Waals surface area contributed by atoms with Gasteiger partial charge in [-0.05, 0) is 61.4 Å². The molecule has 0 saturated carbocycles. The van der Waals surface area contributed by atoms with Crippen LogP contribution in [0.25, 0.3) is 28.3 Å². The van der Waals surface area contributed by atoms with Gasteiger partial charge in [-0.15, -0.1) is 0 Å². The summed E-state index contributed by atoms with van der Waals surface area (Å²) in [6.45, 7) is 3.79. The zero-order valence-electron chi connectivity index (χ0n) is 23.7. The van der Waals surface area contributed by atoms with Gasteiger partial charge in [-0.3, -0.25) is 4.79 Å². The van der Waals surface area contributed by atoms with Crippen LogP contribution in [0.4, 0.5) is 10.1 Å². The van der Waals surface area contributed by atoms with E-state index in [4.69, 9.17) is 0 Å². The van der Waals surface area contributed by atoms with Crippen LogP contribution < -0.4 is 10.4 Å². The van der Waals surface area contributed by atoms with Gasteiger partial charge in [0.25, 0.3) is 5.91 Å². The molecule has 2 atom stereocenters. The number of aliphatic carboxylic acids is 1. The fraction of sp³-hybridized carbons (Fsp3) is 0.206. The molecule has 0 unspecified atom stereocenters. The summed E-state index contributed by atoms with van der Waals surface area (Å²) >= 11 is 0. The van der Waals surface area contributed by atoms with Crippen LogP contribution in [-0.4, -0.2) is 38.9 Å². The Hall–Kier alpha value is -5.04. The first-order valence-electron chi connectivity index (χ1n) is 13.7. The zero-order chi connectivity index (χ0) is 31.1. The molecular formula is C34H31FN3O5-. The van der Waals surface area contributed by atoms with Crippen molar-refractivity contribution >= 4 is 23.6 Å². The molecule has 0 saturated heterocycles. The van der Waals surface area contributed by atoms with Crippen LogP contribution in [0.3, 0.4) is 0 Å². The minimum Gasteiger partial charge on any atom is -0.550 e. The number of hydrogen-bond acceptors (Lipinski definition) is 6. The average Bonchev–Trinajstić information content (AvgIpc) is 3.32. The average molecular weight is 581 g/mol. The van der Waals surface area contributed by atoms with E-state index >= 15 is 0 Å². The van der Waals surface area contributed by atoms with Crippen molar-refractivity contribution in [2.75, 3.05) is 5.32 Å². The molecule has 1 heterocycles. The van der Waals surface area contributed by atoms with Crippen molar-refractivity contribution in [3.05, 3.63) is 108 Å². The van der Waals surface area contributed by atoms with E-state index in [1.165, 1.54) is 18.2 Å². The topological polar surface area (TPSA) is 138 Å². The summed E-state index contributed by atoms with van der Waals surface area (Å²) in [5, 5.41) is 43.8. The lowest BCUT2D eigenvalue weighted by molar-refractivity contribution is -0.307. The highest BCUT2D eigenvalue weighted by Crippen LogP contribution is 2.43. The second-order valence-corrected chi connectivity index (χ2v) is 10.4. The number of carbonyl (C=O) groups is 2. The summed E-state index contributed by atoms with van der Waals surface area (Å²) in [4.78, 5) is 25.0. The fourth-order valence-corrected chi connectivity index (χ4v) is 5.02. The van der Waals surface area contributed by atoms with Gasteiger partial charge in [0.15, 0.2) is 0 Å². The van der Waals surface area contributed by atoms with E-state index < -0.39 is 36.3 Å². The number of nitrogens with one attached hydrogen (secondary N) is 1. The van der Waals surface area contributed by atoms with E-state index in [0.717, 1.165) is 5.56 Å². The monoisotopic (exact) mass is 580 g/mol. The molecule has 1 amide bonds. The normalized spacial score (nSPS) is 12.7. The smallest absolute Gasteiger partial charge is 0.272 e. The van der Waals surface area contributed by atoms with E-state index in [0.29, 0.717) is 39.3 Å². The lowest BCUT2D eigenvalue weighted by Gasteiger charge is -2.17. The second kappa shape index (κ2) is 13.7. The van der Waals surface area contributed by atoms with Gasteiger partial charge in [0, 0.05) is 47.4 Å². The molecule has 4 aromatic rings. The molecule has 9 heteroatoms. The Bertz CT molecular complexity index is 1670. The summed E-state index contributed by atoms with van der Waals surface area (Å²) in [5.41, 5.74) is 4.15. The third-order valence-corrected chi connectivity index (χ3v) is 6.81. The zero-order valence-corrected chi connectivity index (χ0v) is 23.7. The molecular weight excluding hydrogens is 549 g/mol. The van der Waals surface area contributed by atoms with Crippen LogP contribution in [0.15, 0.2) is 84.9 Å². The van der Waals surface area contributed by atoms with Gasteiger partial charge in [0.2, 0.25) is 0 Å². The molecule has 0 aliphatic heterocycles. The summed E-state index contributed by atoms with van der Waals surface area (Å²) in [7, 11) is 0. The first-order valence-corrected chi connectivity index (χ1v) is 13.7. The number of carbonyl (C=O) groups excluding carboxylic acids is 2. The number of anilines is 1. The van der Waals surface area contributed by atoms with Crippen molar-refractivity contribution in [3.8, 4) is 28.3 Å². The molecule has 220 valence electrons. The largest absolute Gasteiger partial charge is 0.550 e. The molecule has 43 heavy (non-hydrogen) atoms. The second-order valence-electron chi connectivity index (χ2n) is 10.4. The van der Waals surface area contributed by atoms with Crippen LogP contribution in [-0.2, 0) is 4.79 Å². The number of aliphatic hydroxyl groups is 2. The summed E-state index contributed by atoms with van der Waals surface area (Å²) in [6, 6.07) is 23.4. The maximum Gasteiger partial charge on any atom is 0.272 e. The molecule has 0 bridgehead atoms. The first kappa shape index (κ1) is 30.9.